The third-order valence-corrected chi connectivity index (χ3v) is 7.52. The molecule has 0 saturated carbocycles. The van der Waals surface area contributed by atoms with Crippen molar-refractivity contribution >= 4 is 40.8 Å². The second-order valence-corrected chi connectivity index (χ2v) is 10.7. The first kappa shape index (κ1) is 25.9. The van der Waals surface area contributed by atoms with Crippen LogP contribution in [0, 0.1) is 5.92 Å². The number of hydrogen-bond donors (Lipinski definition) is 2. The maximum Gasteiger partial charge on any atom is 0.290 e. The molecule has 2 N–H and O–H groups in total. The fraction of sp³-hybridized carbons (Fsp3) is 0.321. The van der Waals surface area contributed by atoms with Crippen molar-refractivity contribution in [2.24, 2.45) is 5.92 Å². The van der Waals surface area contributed by atoms with Crippen molar-refractivity contribution in [3.63, 3.8) is 0 Å². The van der Waals surface area contributed by atoms with E-state index in [-0.39, 0.29) is 11.1 Å². The van der Waals surface area contributed by atoms with Gasteiger partial charge >= 0.3 is 0 Å². The van der Waals surface area contributed by atoms with E-state index in [1.807, 2.05) is 31.3 Å². The molecular formula is C28H31N7O2S. The number of thioether (sulfide) groups is 1. The van der Waals surface area contributed by atoms with Crippen LogP contribution < -0.4 is 20.4 Å². The number of amides is 2. The number of pyridine rings is 1. The van der Waals surface area contributed by atoms with Gasteiger partial charge in [0.25, 0.3) is 11.1 Å². The number of aromatic nitrogens is 3. The summed E-state index contributed by atoms with van der Waals surface area (Å²) in [6, 6.07) is 14.5. The monoisotopic (exact) mass is 529 g/mol. The first-order chi connectivity index (χ1) is 18.4. The van der Waals surface area contributed by atoms with Gasteiger partial charge in [0.15, 0.2) is 0 Å². The molecule has 2 aliphatic heterocycles. The van der Waals surface area contributed by atoms with Crippen LogP contribution in [0.5, 0.6) is 0 Å². The normalized spacial score (nSPS) is 17.2. The standard InChI is InChI=1S/C28H31N7O2S/c1-34(2)25-7-6-22(18-31-25)21-5-3-4-20(14-21)17-29-16-19-9-12-35(13-10-19)27-30-11-8-23(32-27)15-24-26(36)33-28(37)38-24/h3-8,11,14-15,18-19,29H,9-10,12-13,16-17H2,1-2H3,(H,33,36,37)/b24-15+. The number of anilines is 2. The van der Waals surface area contributed by atoms with Crippen molar-refractivity contribution in [1.29, 1.82) is 0 Å². The molecule has 2 fully saturated rings. The first-order valence-electron chi connectivity index (χ1n) is 12.7. The number of piperidine rings is 1. The van der Waals surface area contributed by atoms with Crippen molar-refractivity contribution in [3.8, 4) is 11.1 Å². The lowest BCUT2D eigenvalue weighted by Crippen LogP contribution is -2.38. The maximum atomic E-state index is 11.8. The Morgan fingerprint density at radius 3 is 2.66 bits per heavy atom. The number of nitrogens with one attached hydrogen (secondary N) is 2. The van der Waals surface area contributed by atoms with Gasteiger partial charge in [0, 0.05) is 51.7 Å². The van der Waals surface area contributed by atoms with Crippen LogP contribution in [0.4, 0.5) is 16.6 Å². The molecule has 2 amide bonds. The molecule has 2 aliphatic rings. The Morgan fingerprint density at radius 2 is 1.95 bits per heavy atom. The molecule has 0 unspecified atom stereocenters. The third-order valence-electron chi connectivity index (χ3n) is 6.71. The van der Waals surface area contributed by atoms with Crippen LogP contribution in [-0.2, 0) is 11.3 Å². The fourth-order valence-electron chi connectivity index (χ4n) is 4.59. The molecule has 5 rings (SSSR count). The van der Waals surface area contributed by atoms with Gasteiger partial charge in [-0.3, -0.25) is 14.9 Å². The summed E-state index contributed by atoms with van der Waals surface area (Å²) in [5.74, 6) is 1.82. The summed E-state index contributed by atoms with van der Waals surface area (Å²) in [5.41, 5.74) is 4.17. The summed E-state index contributed by atoms with van der Waals surface area (Å²) < 4.78 is 0. The zero-order valence-electron chi connectivity index (χ0n) is 21.6. The minimum absolute atomic E-state index is 0.355. The molecule has 1 aromatic carbocycles. The van der Waals surface area contributed by atoms with Gasteiger partial charge < -0.3 is 15.1 Å². The minimum atomic E-state index is -0.379. The summed E-state index contributed by atoms with van der Waals surface area (Å²) >= 11 is 0.893. The highest BCUT2D eigenvalue weighted by Crippen LogP contribution is 2.26. The van der Waals surface area contributed by atoms with Crippen LogP contribution in [0.1, 0.15) is 24.1 Å². The molecular weight excluding hydrogens is 498 g/mol. The lowest BCUT2D eigenvalue weighted by atomic mass is 9.97. The van der Waals surface area contributed by atoms with E-state index in [1.165, 1.54) is 11.1 Å². The number of benzene rings is 1. The van der Waals surface area contributed by atoms with Gasteiger partial charge in [0.05, 0.1) is 10.6 Å². The number of carbonyl (C=O) groups is 2. The van der Waals surface area contributed by atoms with Crippen molar-refractivity contribution in [2.45, 2.75) is 19.4 Å². The fourth-order valence-corrected chi connectivity index (χ4v) is 5.26. The second kappa shape index (κ2) is 11.7. The van der Waals surface area contributed by atoms with E-state index in [9.17, 15) is 9.59 Å². The Morgan fingerprint density at radius 1 is 1.11 bits per heavy atom. The highest BCUT2D eigenvalue weighted by Gasteiger charge is 2.25. The van der Waals surface area contributed by atoms with E-state index in [4.69, 9.17) is 0 Å². The highest BCUT2D eigenvalue weighted by atomic mass is 32.2. The lowest BCUT2D eigenvalue weighted by Gasteiger charge is -2.32. The molecule has 4 heterocycles. The minimum Gasteiger partial charge on any atom is -0.363 e. The third kappa shape index (κ3) is 6.38. The quantitative estimate of drug-likeness (QED) is 0.420. The second-order valence-electron chi connectivity index (χ2n) is 9.69. The topological polar surface area (TPSA) is 103 Å². The highest BCUT2D eigenvalue weighted by molar-refractivity contribution is 8.18. The maximum absolute atomic E-state index is 11.8. The number of nitrogens with zero attached hydrogens (tertiary/aromatic N) is 5. The molecule has 0 spiro atoms. The number of rotatable bonds is 8. The molecule has 2 saturated heterocycles. The SMILES string of the molecule is CN(C)c1ccc(-c2cccc(CNCC3CCN(c4nccc(/C=C5/SC(=O)NC5=O)n4)CC3)c2)cn1. The zero-order valence-corrected chi connectivity index (χ0v) is 22.4. The molecule has 3 aromatic rings. The molecule has 9 nitrogen and oxygen atoms in total. The Kier molecular flexibility index (Phi) is 8.00. The summed E-state index contributed by atoms with van der Waals surface area (Å²) in [6.07, 6.45) is 7.37. The van der Waals surface area contributed by atoms with E-state index in [2.05, 4.69) is 60.8 Å². The molecule has 0 bridgehead atoms. The zero-order chi connectivity index (χ0) is 26.5. The number of hydrogen-bond acceptors (Lipinski definition) is 9. The van der Waals surface area contributed by atoms with Crippen LogP contribution in [0.25, 0.3) is 17.2 Å². The van der Waals surface area contributed by atoms with E-state index in [0.717, 1.165) is 62.2 Å². The summed E-state index contributed by atoms with van der Waals surface area (Å²) in [4.78, 5) is 41.3. The van der Waals surface area contributed by atoms with Crippen molar-refractivity contribution < 1.29 is 9.59 Å². The molecule has 0 aliphatic carbocycles. The van der Waals surface area contributed by atoms with Crippen LogP contribution in [0.3, 0.4) is 0 Å². The molecule has 0 radical (unpaired) electrons. The summed E-state index contributed by atoms with van der Waals surface area (Å²) in [5, 5.41) is 5.55. The van der Waals surface area contributed by atoms with Crippen molar-refractivity contribution in [2.75, 3.05) is 43.5 Å². The van der Waals surface area contributed by atoms with Gasteiger partial charge in [-0.15, -0.1) is 0 Å². The predicted molar refractivity (Wildman–Crippen MR) is 152 cm³/mol. The van der Waals surface area contributed by atoms with Crippen molar-refractivity contribution in [1.82, 2.24) is 25.6 Å². The molecule has 196 valence electrons. The molecule has 2 aromatic heterocycles. The predicted octanol–water partition coefficient (Wildman–Crippen LogP) is 3.93. The molecule has 38 heavy (non-hydrogen) atoms. The average Bonchev–Trinajstić information content (AvgIpc) is 3.25. The van der Waals surface area contributed by atoms with Gasteiger partial charge in [-0.25, -0.2) is 15.0 Å². The molecule has 10 heteroatoms. The van der Waals surface area contributed by atoms with Gasteiger partial charge in [-0.1, -0.05) is 18.2 Å². The van der Waals surface area contributed by atoms with Crippen LogP contribution >= 0.6 is 11.8 Å². The van der Waals surface area contributed by atoms with Gasteiger partial charge in [0.1, 0.15) is 5.82 Å². The van der Waals surface area contributed by atoms with Gasteiger partial charge in [-0.05, 0) is 78.5 Å². The smallest absolute Gasteiger partial charge is 0.290 e. The van der Waals surface area contributed by atoms with Crippen LogP contribution in [0.15, 0.2) is 59.8 Å². The van der Waals surface area contributed by atoms with Crippen LogP contribution in [0.2, 0.25) is 0 Å². The van der Waals surface area contributed by atoms with Gasteiger partial charge in [0.2, 0.25) is 5.95 Å². The molecule has 0 atom stereocenters. The lowest BCUT2D eigenvalue weighted by molar-refractivity contribution is -0.115. The van der Waals surface area contributed by atoms with Crippen LogP contribution in [-0.4, -0.2) is 59.8 Å². The van der Waals surface area contributed by atoms with E-state index in [1.54, 1.807) is 18.3 Å². The van der Waals surface area contributed by atoms with E-state index in [0.29, 0.717) is 22.5 Å². The Balaban J connectivity index is 1.10. The van der Waals surface area contributed by atoms with Gasteiger partial charge in [-0.2, -0.15) is 0 Å². The Bertz CT molecular complexity index is 1340. The Labute approximate surface area is 226 Å². The largest absolute Gasteiger partial charge is 0.363 e. The van der Waals surface area contributed by atoms with E-state index < -0.39 is 0 Å². The number of imide groups is 1. The Hall–Kier alpha value is -3.76. The number of carbonyl (C=O) groups excluding carboxylic acids is 2. The van der Waals surface area contributed by atoms with Crippen molar-refractivity contribution in [3.05, 3.63) is 71.0 Å². The first-order valence-corrected chi connectivity index (χ1v) is 13.5. The summed E-state index contributed by atoms with van der Waals surface area (Å²) in [6.45, 7) is 3.55. The summed E-state index contributed by atoms with van der Waals surface area (Å²) in [7, 11) is 3.98. The average molecular weight is 530 g/mol. The van der Waals surface area contributed by atoms with E-state index >= 15 is 0 Å².